The molecule has 2 fully saturated rings. The molecule has 0 bridgehead atoms. The number of rotatable bonds is 2. The van der Waals surface area contributed by atoms with E-state index in [4.69, 9.17) is 9.84 Å². The van der Waals surface area contributed by atoms with Crippen LogP contribution in [-0.4, -0.2) is 34.9 Å². The lowest BCUT2D eigenvalue weighted by molar-refractivity contribution is 0.00557. The second-order valence-corrected chi connectivity index (χ2v) is 5.58. The number of carbonyl (C=O) groups excluding carboxylic acids is 1. The van der Waals surface area contributed by atoms with Crippen LogP contribution in [-0.2, 0) is 4.74 Å². The van der Waals surface area contributed by atoms with E-state index in [1.807, 2.05) is 0 Å². The minimum atomic E-state index is -0.611. The SMILES string of the molecule is O=C1O[C@]2(CC[C@H](CO)CC2)CN1c1cccc(F)n1. The van der Waals surface area contributed by atoms with Gasteiger partial charge in [0.25, 0.3) is 0 Å². The van der Waals surface area contributed by atoms with E-state index in [0.717, 1.165) is 25.7 Å². The summed E-state index contributed by atoms with van der Waals surface area (Å²) in [6, 6.07) is 4.37. The number of carbonyl (C=O) groups is 1. The number of hydrogen-bond donors (Lipinski definition) is 1. The van der Waals surface area contributed by atoms with E-state index in [9.17, 15) is 9.18 Å². The van der Waals surface area contributed by atoms with Crippen molar-refractivity contribution in [3.8, 4) is 0 Å². The van der Waals surface area contributed by atoms with Crippen LogP contribution in [0.3, 0.4) is 0 Å². The quantitative estimate of drug-likeness (QED) is 0.843. The Bertz CT molecular complexity index is 515. The van der Waals surface area contributed by atoms with Gasteiger partial charge in [0.1, 0.15) is 11.4 Å². The highest BCUT2D eigenvalue weighted by Crippen LogP contribution is 2.40. The van der Waals surface area contributed by atoms with Gasteiger partial charge in [-0.15, -0.1) is 0 Å². The van der Waals surface area contributed by atoms with Crippen molar-refractivity contribution in [2.75, 3.05) is 18.1 Å². The molecule has 20 heavy (non-hydrogen) atoms. The molecule has 1 aromatic rings. The summed E-state index contributed by atoms with van der Waals surface area (Å²) in [5.41, 5.74) is -0.503. The number of pyridine rings is 1. The first-order valence-electron chi connectivity index (χ1n) is 6.86. The molecule has 0 atom stereocenters. The molecule has 1 saturated carbocycles. The summed E-state index contributed by atoms with van der Waals surface area (Å²) >= 11 is 0. The maximum Gasteiger partial charge on any atom is 0.416 e. The average Bonchev–Trinajstić information content (AvgIpc) is 2.77. The molecule has 2 aliphatic rings. The fourth-order valence-electron chi connectivity index (χ4n) is 2.99. The summed E-state index contributed by atoms with van der Waals surface area (Å²) in [6.45, 7) is 0.583. The van der Waals surface area contributed by atoms with Crippen LogP contribution in [0.2, 0.25) is 0 Å². The fourth-order valence-corrected chi connectivity index (χ4v) is 2.99. The molecule has 1 aliphatic heterocycles. The Kier molecular flexibility index (Phi) is 3.33. The normalized spacial score (nSPS) is 29.8. The molecule has 3 rings (SSSR count). The number of halogens is 1. The Morgan fingerprint density at radius 2 is 2.20 bits per heavy atom. The second kappa shape index (κ2) is 5.01. The first-order chi connectivity index (χ1) is 9.62. The second-order valence-electron chi connectivity index (χ2n) is 5.58. The standard InChI is InChI=1S/C14H17FN2O3/c15-11-2-1-3-12(16-11)17-9-14(20-13(17)19)6-4-10(8-18)5-7-14/h1-3,10,18H,4-9H2/t10-,14-. The Hall–Kier alpha value is -1.69. The number of aliphatic hydroxyl groups is 1. The lowest BCUT2D eigenvalue weighted by Gasteiger charge is -2.34. The lowest BCUT2D eigenvalue weighted by Crippen LogP contribution is -2.39. The summed E-state index contributed by atoms with van der Waals surface area (Å²) in [4.78, 5) is 17.1. The summed E-state index contributed by atoms with van der Waals surface area (Å²) < 4.78 is 18.7. The van der Waals surface area contributed by atoms with E-state index < -0.39 is 17.6 Å². The number of anilines is 1. The zero-order valence-corrected chi connectivity index (χ0v) is 11.1. The molecule has 6 heteroatoms. The number of hydrogen-bond acceptors (Lipinski definition) is 4. The molecule has 1 aromatic heterocycles. The van der Waals surface area contributed by atoms with E-state index in [-0.39, 0.29) is 12.4 Å². The maximum atomic E-state index is 13.2. The van der Waals surface area contributed by atoms with Crippen LogP contribution in [0.15, 0.2) is 18.2 Å². The minimum absolute atomic E-state index is 0.180. The van der Waals surface area contributed by atoms with Gasteiger partial charge in [-0.2, -0.15) is 4.39 Å². The van der Waals surface area contributed by atoms with Crippen LogP contribution in [0.4, 0.5) is 15.0 Å². The van der Waals surface area contributed by atoms with E-state index in [1.165, 1.54) is 17.0 Å². The van der Waals surface area contributed by atoms with Crippen LogP contribution in [0.5, 0.6) is 0 Å². The predicted molar refractivity (Wildman–Crippen MR) is 69.8 cm³/mol. The molecular weight excluding hydrogens is 263 g/mol. The number of amides is 1. The number of aliphatic hydroxyl groups excluding tert-OH is 1. The molecule has 0 radical (unpaired) electrons. The van der Waals surface area contributed by atoms with Gasteiger partial charge in [-0.1, -0.05) is 6.07 Å². The van der Waals surface area contributed by atoms with E-state index in [1.54, 1.807) is 6.07 Å². The summed E-state index contributed by atoms with van der Waals surface area (Å²) in [6.07, 6.45) is 2.68. The third kappa shape index (κ3) is 2.35. The van der Waals surface area contributed by atoms with Crippen molar-refractivity contribution >= 4 is 11.9 Å². The monoisotopic (exact) mass is 280 g/mol. The van der Waals surface area contributed by atoms with E-state index >= 15 is 0 Å². The summed E-state index contributed by atoms with van der Waals surface area (Å²) in [5.74, 6) is -0.0305. The van der Waals surface area contributed by atoms with Crippen LogP contribution in [0.25, 0.3) is 0 Å². The van der Waals surface area contributed by atoms with Gasteiger partial charge in [0, 0.05) is 6.61 Å². The third-order valence-electron chi connectivity index (χ3n) is 4.22. The van der Waals surface area contributed by atoms with Crippen molar-refractivity contribution < 1.29 is 19.0 Å². The van der Waals surface area contributed by atoms with Gasteiger partial charge in [0.15, 0.2) is 0 Å². The lowest BCUT2D eigenvalue weighted by atomic mass is 9.79. The Labute approximate surface area is 116 Å². The van der Waals surface area contributed by atoms with Crippen LogP contribution in [0, 0.1) is 11.9 Å². The summed E-state index contributed by atoms with van der Waals surface area (Å²) in [7, 11) is 0. The Morgan fingerprint density at radius 3 is 2.85 bits per heavy atom. The number of nitrogens with zero attached hydrogens (tertiary/aromatic N) is 2. The Morgan fingerprint density at radius 1 is 1.45 bits per heavy atom. The molecule has 1 aliphatic carbocycles. The molecule has 5 nitrogen and oxygen atoms in total. The smallest absolute Gasteiger partial charge is 0.416 e. The highest BCUT2D eigenvalue weighted by molar-refractivity contribution is 5.89. The zero-order valence-electron chi connectivity index (χ0n) is 11.1. The van der Waals surface area contributed by atoms with Crippen molar-refractivity contribution in [1.82, 2.24) is 4.98 Å². The largest absolute Gasteiger partial charge is 0.441 e. The number of aromatic nitrogens is 1. The van der Waals surface area contributed by atoms with E-state index in [2.05, 4.69) is 4.98 Å². The van der Waals surface area contributed by atoms with E-state index in [0.29, 0.717) is 12.5 Å². The molecule has 1 N–H and O–H groups in total. The fraction of sp³-hybridized carbons (Fsp3) is 0.571. The molecular formula is C14H17FN2O3. The highest BCUT2D eigenvalue weighted by Gasteiger charge is 2.47. The number of ether oxygens (including phenoxy) is 1. The van der Waals surface area contributed by atoms with Crippen LogP contribution < -0.4 is 4.90 Å². The molecule has 2 heterocycles. The van der Waals surface area contributed by atoms with Gasteiger partial charge in [0.2, 0.25) is 5.95 Å². The average molecular weight is 280 g/mol. The summed E-state index contributed by atoms with van der Waals surface area (Å²) in [5, 5.41) is 9.16. The molecule has 1 spiro atoms. The van der Waals surface area contributed by atoms with Gasteiger partial charge in [-0.3, -0.25) is 4.90 Å². The van der Waals surface area contributed by atoms with Crippen molar-refractivity contribution in [3.63, 3.8) is 0 Å². The first kappa shape index (κ1) is 13.3. The van der Waals surface area contributed by atoms with Crippen LogP contribution >= 0.6 is 0 Å². The first-order valence-corrected chi connectivity index (χ1v) is 6.86. The van der Waals surface area contributed by atoms with Gasteiger partial charge >= 0.3 is 6.09 Å². The van der Waals surface area contributed by atoms with Gasteiger partial charge in [-0.05, 0) is 43.7 Å². The predicted octanol–water partition coefficient (Wildman–Crippen LogP) is 2.10. The van der Waals surface area contributed by atoms with Gasteiger partial charge in [-0.25, -0.2) is 9.78 Å². The zero-order chi connectivity index (χ0) is 14.2. The minimum Gasteiger partial charge on any atom is -0.441 e. The highest BCUT2D eigenvalue weighted by atomic mass is 19.1. The van der Waals surface area contributed by atoms with Crippen molar-refractivity contribution in [2.24, 2.45) is 5.92 Å². The molecule has 108 valence electrons. The molecule has 0 unspecified atom stereocenters. The molecule has 0 aromatic carbocycles. The van der Waals surface area contributed by atoms with Gasteiger partial charge < -0.3 is 9.84 Å². The van der Waals surface area contributed by atoms with Crippen molar-refractivity contribution in [3.05, 3.63) is 24.1 Å². The topological polar surface area (TPSA) is 62.7 Å². The van der Waals surface area contributed by atoms with Crippen molar-refractivity contribution in [1.29, 1.82) is 0 Å². The third-order valence-corrected chi connectivity index (χ3v) is 4.22. The molecule has 1 saturated heterocycles. The maximum absolute atomic E-state index is 13.2. The van der Waals surface area contributed by atoms with Crippen molar-refractivity contribution in [2.45, 2.75) is 31.3 Å². The Balaban J connectivity index is 1.76. The molecule has 1 amide bonds. The van der Waals surface area contributed by atoms with Gasteiger partial charge in [0.05, 0.1) is 6.54 Å². The van der Waals surface area contributed by atoms with Crippen LogP contribution in [0.1, 0.15) is 25.7 Å².